The fourth-order valence-corrected chi connectivity index (χ4v) is 1.75. The molecule has 0 saturated heterocycles. The summed E-state index contributed by atoms with van der Waals surface area (Å²) in [5.74, 6) is 0. The van der Waals surface area contributed by atoms with E-state index in [4.69, 9.17) is 4.74 Å². The minimum Gasteiger partial charge on any atom is -0.393 e. The summed E-state index contributed by atoms with van der Waals surface area (Å²) >= 11 is 0. The molecule has 0 aliphatic carbocycles. The second kappa shape index (κ2) is 3.95. The van der Waals surface area contributed by atoms with Crippen molar-refractivity contribution in [2.75, 3.05) is 13.2 Å². The summed E-state index contributed by atoms with van der Waals surface area (Å²) in [5.41, 5.74) is 0.530. The Morgan fingerprint density at radius 3 is 2.57 bits per heavy atom. The van der Waals surface area contributed by atoms with Gasteiger partial charge in [0.1, 0.15) is 5.60 Å². The maximum atomic E-state index is 9.44. The average molecular weight is 190 g/mol. The van der Waals surface area contributed by atoms with E-state index in [-0.39, 0.29) is 6.61 Å². The SMILES string of the molecule is OC[C@@]1(c2ccccc2)CC=CCO1. The van der Waals surface area contributed by atoms with Crippen LogP contribution in [0.3, 0.4) is 0 Å². The van der Waals surface area contributed by atoms with E-state index in [1.807, 2.05) is 36.4 Å². The molecule has 2 rings (SSSR count). The van der Waals surface area contributed by atoms with Gasteiger partial charge in [-0.15, -0.1) is 0 Å². The van der Waals surface area contributed by atoms with Crippen LogP contribution in [0.2, 0.25) is 0 Å². The maximum Gasteiger partial charge on any atom is 0.120 e. The largest absolute Gasteiger partial charge is 0.393 e. The molecule has 0 radical (unpaired) electrons. The summed E-state index contributed by atoms with van der Waals surface area (Å²) in [4.78, 5) is 0. The first-order chi connectivity index (χ1) is 6.87. The first-order valence-electron chi connectivity index (χ1n) is 4.83. The van der Waals surface area contributed by atoms with Crippen LogP contribution in [0.5, 0.6) is 0 Å². The molecular weight excluding hydrogens is 176 g/mol. The van der Waals surface area contributed by atoms with Gasteiger partial charge < -0.3 is 9.84 Å². The van der Waals surface area contributed by atoms with Gasteiger partial charge in [-0.1, -0.05) is 42.5 Å². The highest BCUT2D eigenvalue weighted by molar-refractivity contribution is 5.24. The maximum absolute atomic E-state index is 9.44. The lowest BCUT2D eigenvalue weighted by Gasteiger charge is -2.33. The van der Waals surface area contributed by atoms with Gasteiger partial charge >= 0.3 is 0 Å². The molecule has 0 unspecified atom stereocenters. The molecule has 2 heteroatoms. The van der Waals surface area contributed by atoms with E-state index < -0.39 is 5.60 Å². The zero-order chi connectivity index (χ0) is 9.86. The van der Waals surface area contributed by atoms with E-state index in [0.717, 1.165) is 12.0 Å². The molecule has 14 heavy (non-hydrogen) atoms. The molecule has 2 nitrogen and oxygen atoms in total. The Labute approximate surface area is 83.8 Å². The van der Waals surface area contributed by atoms with Gasteiger partial charge in [-0.3, -0.25) is 0 Å². The van der Waals surface area contributed by atoms with E-state index in [2.05, 4.69) is 6.08 Å². The molecule has 1 aromatic rings. The van der Waals surface area contributed by atoms with Gasteiger partial charge in [0, 0.05) is 6.42 Å². The van der Waals surface area contributed by atoms with Crippen molar-refractivity contribution in [3.05, 3.63) is 48.0 Å². The lowest BCUT2D eigenvalue weighted by atomic mass is 9.89. The van der Waals surface area contributed by atoms with Crippen molar-refractivity contribution in [1.82, 2.24) is 0 Å². The first-order valence-corrected chi connectivity index (χ1v) is 4.83. The van der Waals surface area contributed by atoms with Crippen molar-refractivity contribution in [2.45, 2.75) is 12.0 Å². The Morgan fingerprint density at radius 2 is 2.00 bits per heavy atom. The fraction of sp³-hybridized carbons (Fsp3) is 0.333. The summed E-state index contributed by atoms with van der Waals surface area (Å²) in [6, 6.07) is 9.89. The van der Waals surface area contributed by atoms with Crippen LogP contribution in [0.1, 0.15) is 12.0 Å². The predicted molar refractivity (Wildman–Crippen MR) is 54.9 cm³/mol. The molecule has 0 aromatic heterocycles. The molecule has 1 N–H and O–H groups in total. The van der Waals surface area contributed by atoms with Crippen molar-refractivity contribution >= 4 is 0 Å². The summed E-state index contributed by atoms with van der Waals surface area (Å²) in [5, 5.41) is 9.44. The van der Waals surface area contributed by atoms with Crippen LogP contribution in [-0.2, 0) is 10.3 Å². The van der Waals surface area contributed by atoms with Gasteiger partial charge in [-0.2, -0.15) is 0 Å². The molecule has 0 saturated carbocycles. The third kappa shape index (κ3) is 1.59. The normalized spacial score (nSPS) is 26.4. The van der Waals surface area contributed by atoms with Gasteiger partial charge in [0.15, 0.2) is 0 Å². The molecule has 74 valence electrons. The highest BCUT2D eigenvalue weighted by Crippen LogP contribution is 2.31. The molecule has 0 spiro atoms. The van der Waals surface area contributed by atoms with Crippen LogP contribution in [0, 0.1) is 0 Å². The number of benzene rings is 1. The number of ether oxygens (including phenoxy) is 1. The van der Waals surface area contributed by atoms with Crippen LogP contribution in [-0.4, -0.2) is 18.3 Å². The smallest absolute Gasteiger partial charge is 0.120 e. The number of hydrogen-bond donors (Lipinski definition) is 1. The molecule has 1 heterocycles. The third-order valence-corrected chi connectivity index (χ3v) is 2.63. The van der Waals surface area contributed by atoms with Crippen molar-refractivity contribution in [1.29, 1.82) is 0 Å². The minimum atomic E-state index is -0.518. The van der Waals surface area contributed by atoms with Crippen molar-refractivity contribution < 1.29 is 9.84 Å². The van der Waals surface area contributed by atoms with Crippen LogP contribution < -0.4 is 0 Å². The lowest BCUT2D eigenvalue weighted by Crippen LogP contribution is -2.35. The molecule has 1 atom stereocenters. The number of rotatable bonds is 2. The third-order valence-electron chi connectivity index (χ3n) is 2.63. The van der Waals surface area contributed by atoms with E-state index >= 15 is 0 Å². The molecule has 1 aromatic carbocycles. The molecule has 0 amide bonds. The van der Waals surface area contributed by atoms with Gasteiger partial charge in [-0.05, 0) is 5.56 Å². The van der Waals surface area contributed by atoms with Crippen LogP contribution >= 0.6 is 0 Å². The van der Waals surface area contributed by atoms with E-state index in [9.17, 15) is 5.11 Å². The highest BCUT2D eigenvalue weighted by atomic mass is 16.5. The Kier molecular flexibility index (Phi) is 2.66. The second-order valence-corrected chi connectivity index (χ2v) is 3.50. The monoisotopic (exact) mass is 190 g/mol. The van der Waals surface area contributed by atoms with Crippen LogP contribution in [0.25, 0.3) is 0 Å². The van der Waals surface area contributed by atoms with Crippen LogP contribution in [0.15, 0.2) is 42.5 Å². The Bertz CT molecular complexity index is 318. The van der Waals surface area contributed by atoms with Crippen molar-refractivity contribution in [3.63, 3.8) is 0 Å². The van der Waals surface area contributed by atoms with Gasteiger partial charge in [0.25, 0.3) is 0 Å². The predicted octanol–water partition coefficient (Wildman–Crippen LogP) is 1.85. The van der Waals surface area contributed by atoms with Gasteiger partial charge in [-0.25, -0.2) is 0 Å². The van der Waals surface area contributed by atoms with E-state index in [1.165, 1.54) is 0 Å². The molecule has 0 fully saturated rings. The average Bonchev–Trinajstić information content (AvgIpc) is 2.31. The molecular formula is C12H14O2. The molecule has 1 aliphatic heterocycles. The minimum absolute atomic E-state index is 0.0291. The zero-order valence-electron chi connectivity index (χ0n) is 8.02. The lowest BCUT2D eigenvalue weighted by molar-refractivity contribution is -0.0781. The highest BCUT2D eigenvalue weighted by Gasteiger charge is 2.32. The molecule has 0 bridgehead atoms. The zero-order valence-corrected chi connectivity index (χ0v) is 8.02. The Morgan fingerprint density at radius 1 is 1.21 bits per heavy atom. The fourth-order valence-electron chi connectivity index (χ4n) is 1.75. The summed E-state index contributed by atoms with van der Waals surface area (Å²) in [7, 11) is 0. The summed E-state index contributed by atoms with van der Waals surface area (Å²) < 4.78 is 5.66. The van der Waals surface area contributed by atoms with E-state index in [1.54, 1.807) is 0 Å². The second-order valence-electron chi connectivity index (χ2n) is 3.50. The Hall–Kier alpha value is -1.12. The molecule has 1 aliphatic rings. The summed E-state index contributed by atoms with van der Waals surface area (Å²) in [6.07, 6.45) is 4.79. The number of aliphatic hydroxyl groups excluding tert-OH is 1. The van der Waals surface area contributed by atoms with Gasteiger partial charge in [0.2, 0.25) is 0 Å². The topological polar surface area (TPSA) is 29.5 Å². The van der Waals surface area contributed by atoms with Gasteiger partial charge in [0.05, 0.1) is 13.2 Å². The standard InChI is InChI=1S/C12H14O2/c13-10-12(8-4-5-9-14-12)11-6-2-1-3-7-11/h1-7,13H,8-10H2/t12-/m1/s1. The quantitative estimate of drug-likeness (QED) is 0.721. The number of hydrogen-bond acceptors (Lipinski definition) is 2. The van der Waals surface area contributed by atoms with Crippen molar-refractivity contribution in [2.24, 2.45) is 0 Å². The van der Waals surface area contributed by atoms with E-state index in [0.29, 0.717) is 6.61 Å². The van der Waals surface area contributed by atoms with Crippen molar-refractivity contribution in [3.8, 4) is 0 Å². The van der Waals surface area contributed by atoms with Crippen LogP contribution in [0.4, 0.5) is 0 Å². The first kappa shape index (κ1) is 9.44. The number of aliphatic hydroxyl groups is 1. The Balaban J connectivity index is 2.33. The summed E-state index contributed by atoms with van der Waals surface area (Å²) in [6.45, 7) is 0.608.